The number of rotatable bonds is 7. The summed E-state index contributed by atoms with van der Waals surface area (Å²) in [7, 11) is 0. The smallest absolute Gasteiger partial charge is 0.275 e. The molecular weight excluding hydrogens is 412 g/mol. The lowest BCUT2D eigenvalue weighted by Crippen LogP contribution is -2.29. The second kappa shape index (κ2) is 9.09. The van der Waals surface area contributed by atoms with Crippen molar-refractivity contribution < 1.29 is 9.53 Å². The summed E-state index contributed by atoms with van der Waals surface area (Å²) in [5.41, 5.74) is 3.48. The summed E-state index contributed by atoms with van der Waals surface area (Å²) in [5, 5.41) is 7.83. The highest BCUT2D eigenvalue weighted by atomic mass is 32.1. The highest BCUT2D eigenvalue weighted by molar-refractivity contribution is 7.19. The molecule has 31 heavy (non-hydrogen) atoms. The molecule has 2 heterocycles. The summed E-state index contributed by atoms with van der Waals surface area (Å²) in [4.78, 5) is 29.5. The Balaban J connectivity index is 1.40. The lowest BCUT2D eigenvalue weighted by atomic mass is 10.2. The van der Waals surface area contributed by atoms with Crippen molar-refractivity contribution in [2.24, 2.45) is 0 Å². The average Bonchev–Trinajstić information content (AvgIpc) is 3.22. The van der Waals surface area contributed by atoms with E-state index in [0.717, 1.165) is 17.5 Å². The lowest BCUT2D eigenvalue weighted by molar-refractivity contribution is -0.123. The minimum Gasteiger partial charge on any atom is -0.484 e. The first-order chi connectivity index (χ1) is 15.0. The Bertz CT molecular complexity index is 1260. The number of fused-ring (bicyclic) bond motifs is 1. The molecule has 0 aliphatic rings. The Morgan fingerprint density at radius 1 is 1.13 bits per heavy atom. The van der Waals surface area contributed by atoms with Crippen LogP contribution in [0.4, 0.5) is 0 Å². The zero-order chi connectivity index (χ0) is 21.8. The van der Waals surface area contributed by atoms with Crippen LogP contribution in [0.5, 0.6) is 5.75 Å². The van der Waals surface area contributed by atoms with Crippen molar-refractivity contribution in [3.63, 3.8) is 0 Å². The van der Waals surface area contributed by atoms with Crippen LogP contribution in [0.3, 0.4) is 0 Å². The van der Waals surface area contributed by atoms with Crippen molar-refractivity contribution in [3.8, 4) is 16.3 Å². The van der Waals surface area contributed by atoms with Crippen molar-refractivity contribution >= 4 is 22.2 Å². The molecule has 1 N–H and O–H groups in total. The molecule has 0 aliphatic carbocycles. The second-order valence-electron chi connectivity index (χ2n) is 7.12. The highest BCUT2D eigenvalue weighted by Gasteiger charge is 2.11. The van der Waals surface area contributed by atoms with Crippen LogP contribution in [0.2, 0.25) is 0 Å². The van der Waals surface area contributed by atoms with Gasteiger partial charge in [-0.2, -0.15) is 9.61 Å². The van der Waals surface area contributed by atoms with Gasteiger partial charge in [0.1, 0.15) is 10.8 Å². The SMILES string of the molecule is CCc1ccc(OCC(=O)NCc2cc(=O)n3nc(-c4ccc(C)cc4)sc3n2)cc1. The third-order valence-corrected chi connectivity index (χ3v) is 5.72. The molecule has 0 spiro atoms. The molecule has 4 rings (SSSR count). The second-order valence-corrected chi connectivity index (χ2v) is 8.07. The molecule has 0 aliphatic heterocycles. The minimum atomic E-state index is -0.286. The van der Waals surface area contributed by atoms with Gasteiger partial charge in [-0.25, -0.2) is 4.98 Å². The molecule has 0 saturated carbocycles. The number of aryl methyl sites for hydroxylation is 2. The number of benzene rings is 2. The molecule has 7 nitrogen and oxygen atoms in total. The van der Waals surface area contributed by atoms with Crippen molar-refractivity contribution in [3.05, 3.63) is 81.8 Å². The van der Waals surface area contributed by atoms with Crippen molar-refractivity contribution in [2.45, 2.75) is 26.8 Å². The van der Waals surface area contributed by atoms with Crippen LogP contribution in [0.1, 0.15) is 23.7 Å². The van der Waals surface area contributed by atoms with Crippen LogP contribution in [-0.4, -0.2) is 27.1 Å². The van der Waals surface area contributed by atoms with Crippen molar-refractivity contribution in [1.29, 1.82) is 0 Å². The fraction of sp³-hybridized carbons (Fsp3) is 0.217. The van der Waals surface area contributed by atoms with Gasteiger partial charge >= 0.3 is 0 Å². The van der Waals surface area contributed by atoms with E-state index in [2.05, 4.69) is 22.3 Å². The van der Waals surface area contributed by atoms with E-state index >= 15 is 0 Å². The first-order valence-corrected chi connectivity index (χ1v) is 10.8. The number of hydrogen-bond acceptors (Lipinski definition) is 6. The summed E-state index contributed by atoms with van der Waals surface area (Å²) in [6.07, 6.45) is 0.949. The zero-order valence-corrected chi connectivity index (χ0v) is 18.1. The van der Waals surface area contributed by atoms with Crippen molar-refractivity contribution in [2.75, 3.05) is 6.61 Å². The van der Waals surface area contributed by atoms with Gasteiger partial charge in [-0.15, -0.1) is 0 Å². The lowest BCUT2D eigenvalue weighted by Gasteiger charge is -2.07. The molecular formula is C23H22N4O3S. The molecule has 4 aromatic rings. The molecule has 8 heteroatoms. The van der Waals surface area contributed by atoms with E-state index in [0.29, 0.717) is 21.4 Å². The molecule has 0 saturated heterocycles. The molecule has 1 amide bonds. The number of nitrogens with zero attached hydrogens (tertiary/aromatic N) is 3. The summed E-state index contributed by atoms with van der Waals surface area (Å²) >= 11 is 1.33. The minimum absolute atomic E-state index is 0.106. The van der Waals surface area contributed by atoms with Gasteiger partial charge < -0.3 is 10.1 Å². The summed E-state index contributed by atoms with van der Waals surface area (Å²) in [6, 6.07) is 17.0. The van der Waals surface area contributed by atoms with E-state index in [-0.39, 0.29) is 24.6 Å². The van der Waals surface area contributed by atoms with Crippen LogP contribution in [-0.2, 0) is 17.8 Å². The monoisotopic (exact) mass is 434 g/mol. The molecule has 2 aromatic carbocycles. The third kappa shape index (κ3) is 4.97. The topological polar surface area (TPSA) is 85.6 Å². The van der Waals surface area contributed by atoms with Crippen LogP contribution in [0, 0.1) is 6.92 Å². The summed E-state index contributed by atoms with van der Waals surface area (Å²) < 4.78 is 6.79. The largest absolute Gasteiger partial charge is 0.484 e. The van der Waals surface area contributed by atoms with Crippen LogP contribution >= 0.6 is 11.3 Å². The van der Waals surface area contributed by atoms with Gasteiger partial charge in [0.15, 0.2) is 6.61 Å². The maximum Gasteiger partial charge on any atom is 0.275 e. The Labute approximate surface area is 183 Å². The Kier molecular flexibility index (Phi) is 6.08. The number of carbonyl (C=O) groups is 1. The molecule has 2 aromatic heterocycles. The average molecular weight is 435 g/mol. The van der Waals surface area contributed by atoms with Gasteiger partial charge in [-0.05, 0) is 31.0 Å². The number of aromatic nitrogens is 3. The number of nitrogens with one attached hydrogen (secondary N) is 1. The molecule has 0 bridgehead atoms. The van der Waals surface area contributed by atoms with Gasteiger partial charge in [-0.3, -0.25) is 9.59 Å². The third-order valence-electron chi connectivity index (χ3n) is 4.76. The number of carbonyl (C=O) groups excluding carboxylic acids is 1. The van der Waals surface area contributed by atoms with Crippen LogP contribution < -0.4 is 15.6 Å². The van der Waals surface area contributed by atoms with Crippen LogP contribution in [0.25, 0.3) is 15.5 Å². The fourth-order valence-electron chi connectivity index (χ4n) is 2.97. The highest BCUT2D eigenvalue weighted by Crippen LogP contribution is 2.24. The normalized spacial score (nSPS) is 10.9. The van der Waals surface area contributed by atoms with Gasteiger partial charge in [0.2, 0.25) is 4.96 Å². The summed E-state index contributed by atoms with van der Waals surface area (Å²) in [6.45, 7) is 4.13. The van der Waals surface area contributed by atoms with E-state index in [9.17, 15) is 9.59 Å². The molecule has 0 radical (unpaired) electrons. The molecule has 0 unspecified atom stereocenters. The Hall–Kier alpha value is -3.52. The quantitative estimate of drug-likeness (QED) is 0.482. The van der Waals surface area contributed by atoms with E-state index < -0.39 is 0 Å². The van der Waals surface area contributed by atoms with Crippen molar-refractivity contribution in [1.82, 2.24) is 19.9 Å². The first-order valence-electron chi connectivity index (χ1n) is 9.97. The van der Waals surface area contributed by atoms with Gasteiger partial charge in [0.05, 0.1) is 12.2 Å². The van der Waals surface area contributed by atoms with Gasteiger partial charge in [0.25, 0.3) is 11.5 Å². The van der Waals surface area contributed by atoms with E-state index in [1.54, 1.807) is 0 Å². The maximum absolute atomic E-state index is 12.4. The van der Waals surface area contributed by atoms with E-state index in [1.165, 1.54) is 27.5 Å². The predicted octanol–water partition coefficient (Wildman–Crippen LogP) is 3.38. The molecule has 0 atom stereocenters. The predicted molar refractivity (Wildman–Crippen MR) is 120 cm³/mol. The molecule has 158 valence electrons. The number of ether oxygens (including phenoxy) is 1. The zero-order valence-electron chi connectivity index (χ0n) is 17.3. The maximum atomic E-state index is 12.4. The van der Waals surface area contributed by atoms with E-state index in [1.807, 2.05) is 55.5 Å². The number of hydrogen-bond donors (Lipinski definition) is 1. The summed E-state index contributed by atoms with van der Waals surface area (Å²) in [5.74, 6) is 0.352. The van der Waals surface area contributed by atoms with Crippen LogP contribution in [0.15, 0.2) is 59.4 Å². The van der Waals surface area contributed by atoms with E-state index in [4.69, 9.17) is 4.74 Å². The van der Waals surface area contributed by atoms with Gasteiger partial charge in [-0.1, -0.05) is 60.2 Å². The Morgan fingerprint density at radius 2 is 1.87 bits per heavy atom. The molecule has 0 fully saturated rings. The first kappa shape index (κ1) is 20.7. The fourth-order valence-corrected chi connectivity index (χ4v) is 3.90. The Morgan fingerprint density at radius 3 is 2.58 bits per heavy atom. The van der Waals surface area contributed by atoms with Gasteiger partial charge in [0, 0.05) is 11.6 Å². The number of amides is 1. The standard InChI is InChI=1S/C23H22N4O3S/c1-3-16-6-10-19(11-7-16)30-14-20(28)24-13-18-12-21(29)27-23(25-18)31-22(26-27)17-8-4-15(2)5-9-17/h4-12H,3,13-14H2,1-2H3,(H,24,28).